The Hall–Kier alpha value is -1.72. The number of hydrogen-bond donors (Lipinski definition) is 0. The Balaban J connectivity index is 1.58. The van der Waals surface area contributed by atoms with E-state index >= 15 is 0 Å². The molecule has 2 saturated heterocycles. The van der Waals surface area contributed by atoms with Crippen molar-refractivity contribution < 1.29 is 9.47 Å². The smallest absolute Gasteiger partial charge is 0.101 e. The van der Waals surface area contributed by atoms with Crippen LogP contribution in [0.15, 0.2) is 60.7 Å². The van der Waals surface area contributed by atoms with Crippen molar-refractivity contribution in [2.75, 3.05) is 20.1 Å². The minimum atomic E-state index is 0.0651. The van der Waals surface area contributed by atoms with Crippen LogP contribution in [0.25, 0.3) is 0 Å². The van der Waals surface area contributed by atoms with Crippen LogP contribution >= 0.6 is 0 Å². The van der Waals surface area contributed by atoms with Gasteiger partial charge in [0, 0.05) is 12.1 Å². The summed E-state index contributed by atoms with van der Waals surface area (Å²) in [7, 11) is 0. The molecule has 2 aromatic rings. The first-order chi connectivity index (χ1) is 12.2. The average Bonchev–Trinajstić information content (AvgIpc) is 2.93. The van der Waals surface area contributed by atoms with Gasteiger partial charge in [-0.2, -0.15) is 0 Å². The van der Waals surface area contributed by atoms with Gasteiger partial charge in [0.25, 0.3) is 0 Å². The van der Waals surface area contributed by atoms with Crippen LogP contribution < -0.4 is 0 Å². The zero-order valence-corrected chi connectivity index (χ0v) is 14.9. The Morgan fingerprint density at radius 2 is 1.08 bits per heavy atom. The molecule has 0 aromatic heterocycles. The normalized spacial score (nSPS) is 35.6. The van der Waals surface area contributed by atoms with E-state index in [4.69, 9.17) is 9.47 Å². The molecule has 6 atom stereocenters. The number of rotatable bonds is 2. The van der Waals surface area contributed by atoms with Crippen molar-refractivity contribution >= 4 is 0 Å². The summed E-state index contributed by atoms with van der Waals surface area (Å²) in [6, 6.07) is 21.5. The van der Waals surface area contributed by atoms with E-state index in [0.717, 1.165) is 6.67 Å². The summed E-state index contributed by atoms with van der Waals surface area (Å²) in [5.74, 6) is 0. The van der Waals surface area contributed by atoms with Crippen LogP contribution in [-0.4, -0.2) is 42.0 Å². The minimum Gasteiger partial charge on any atom is -0.356 e. The highest BCUT2D eigenvalue weighted by atomic mass is 16.5. The fourth-order valence-electron chi connectivity index (χ4n) is 3.86. The molecule has 4 rings (SSSR count). The topological polar surface area (TPSA) is 24.9 Å². The van der Waals surface area contributed by atoms with E-state index in [-0.39, 0.29) is 24.3 Å². The molecule has 0 aliphatic carbocycles. The van der Waals surface area contributed by atoms with Gasteiger partial charge in [0.1, 0.15) is 13.5 Å². The van der Waals surface area contributed by atoms with Gasteiger partial charge in [0.15, 0.2) is 0 Å². The highest BCUT2D eigenvalue weighted by Crippen LogP contribution is 2.34. The van der Waals surface area contributed by atoms with Crippen molar-refractivity contribution in [3.05, 3.63) is 71.8 Å². The summed E-state index contributed by atoms with van der Waals surface area (Å²) in [4.78, 5) is 4.76. The molecule has 2 aliphatic rings. The van der Waals surface area contributed by atoms with Crippen molar-refractivity contribution in [1.29, 1.82) is 0 Å². The van der Waals surface area contributed by atoms with E-state index in [9.17, 15) is 0 Å². The Bertz CT molecular complexity index is 619. The zero-order valence-electron chi connectivity index (χ0n) is 14.9. The fourth-order valence-corrected chi connectivity index (χ4v) is 3.86. The van der Waals surface area contributed by atoms with Crippen LogP contribution in [0, 0.1) is 0 Å². The van der Waals surface area contributed by atoms with E-state index in [1.165, 1.54) is 11.1 Å². The summed E-state index contributed by atoms with van der Waals surface area (Å²) in [6.45, 7) is 6.58. The summed E-state index contributed by atoms with van der Waals surface area (Å²) < 4.78 is 12.7. The molecule has 2 aromatic carbocycles. The highest BCUT2D eigenvalue weighted by molar-refractivity contribution is 5.21. The Labute approximate surface area is 150 Å². The zero-order chi connectivity index (χ0) is 17.2. The highest BCUT2D eigenvalue weighted by Gasteiger charge is 2.38. The molecule has 4 heteroatoms. The molecule has 132 valence electrons. The van der Waals surface area contributed by atoms with Gasteiger partial charge in [-0.15, -0.1) is 0 Å². The molecule has 25 heavy (non-hydrogen) atoms. The van der Waals surface area contributed by atoms with E-state index < -0.39 is 0 Å². The van der Waals surface area contributed by atoms with Crippen LogP contribution in [-0.2, 0) is 9.47 Å². The van der Waals surface area contributed by atoms with E-state index in [1.807, 2.05) is 12.1 Å². The molecule has 2 fully saturated rings. The fraction of sp³-hybridized carbons (Fsp3) is 0.429. The van der Waals surface area contributed by atoms with Gasteiger partial charge < -0.3 is 9.47 Å². The first kappa shape index (κ1) is 16.7. The molecule has 2 unspecified atom stereocenters. The summed E-state index contributed by atoms with van der Waals surface area (Å²) in [5.41, 5.74) is 2.46. The van der Waals surface area contributed by atoms with Crippen LogP contribution in [0.2, 0.25) is 0 Å². The summed E-state index contributed by atoms with van der Waals surface area (Å²) in [6.07, 6.45) is 0.130. The Morgan fingerprint density at radius 3 is 1.48 bits per heavy atom. The average molecular weight is 338 g/mol. The minimum absolute atomic E-state index is 0.0651. The van der Waals surface area contributed by atoms with Crippen LogP contribution in [0.5, 0.6) is 0 Å². The Kier molecular flexibility index (Phi) is 4.86. The molecule has 4 nitrogen and oxygen atoms in total. The largest absolute Gasteiger partial charge is 0.356 e. The predicted molar refractivity (Wildman–Crippen MR) is 97.7 cm³/mol. The Morgan fingerprint density at radius 1 is 0.680 bits per heavy atom. The van der Waals surface area contributed by atoms with Crippen molar-refractivity contribution in [3.8, 4) is 0 Å². The molecule has 2 heterocycles. The van der Waals surface area contributed by atoms with Crippen molar-refractivity contribution in [1.82, 2.24) is 9.80 Å². The van der Waals surface area contributed by atoms with E-state index in [0.29, 0.717) is 13.5 Å². The maximum absolute atomic E-state index is 6.35. The lowest BCUT2D eigenvalue weighted by Crippen LogP contribution is -2.42. The van der Waals surface area contributed by atoms with Crippen molar-refractivity contribution in [2.24, 2.45) is 0 Å². The lowest BCUT2D eigenvalue weighted by Gasteiger charge is -2.32. The van der Waals surface area contributed by atoms with Gasteiger partial charge >= 0.3 is 0 Å². The van der Waals surface area contributed by atoms with Gasteiger partial charge in [-0.3, -0.25) is 9.80 Å². The van der Waals surface area contributed by atoms with Gasteiger partial charge in [-0.1, -0.05) is 60.7 Å². The summed E-state index contributed by atoms with van der Waals surface area (Å²) >= 11 is 0. The molecule has 0 radical (unpaired) electrons. The van der Waals surface area contributed by atoms with Gasteiger partial charge in [0.05, 0.1) is 18.9 Å². The quantitative estimate of drug-likeness (QED) is 0.832. The van der Waals surface area contributed by atoms with Gasteiger partial charge in [-0.05, 0) is 25.0 Å². The molecule has 2 aliphatic heterocycles. The number of benzene rings is 2. The van der Waals surface area contributed by atoms with Gasteiger partial charge in [0.2, 0.25) is 0 Å². The lowest BCUT2D eigenvalue weighted by molar-refractivity contribution is -0.0816. The predicted octanol–water partition coefficient (Wildman–Crippen LogP) is 3.78. The molecule has 0 saturated carbocycles. The van der Waals surface area contributed by atoms with E-state index in [1.54, 1.807) is 0 Å². The number of nitrogens with zero attached hydrogens (tertiary/aromatic N) is 2. The molecular weight excluding hydrogens is 312 g/mol. The van der Waals surface area contributed by atoms with Crippen LogP contribution in [0.1, 0.15) is 37.2 Å². The van der Waals surface area contributed by atoms with Crippen molar-refractivity contribution in [3.63, 3.8) is 0 Å². The molecule has 0 N–H and O–H groups in total. The number of ether oxygens (including phenoxy) is 2. The second kappa shape index (κ2) is 7.26. The SMILES string of the molecule is C[C@@H]1[C@H](c2ccccc2)OCN2CN1CO[C@@H](c1ccccc1)[C@H]2C. The maximum Gasteiger partial charge on any atom is 0.101 e. The number of hydrogen-bond acceptors (Lipinski definition) is 4. The standard InChI is InChI=1S/C21H26N2O2/c1-16-20(18-9-5-3-6-10-18)24-15-23-13-22(16)14-25-21(17(23)2)19-11-7-4-8-12-19/h3-12,16-17,20-21H,13-15H2,1-2H3/t16-,17-,20-,21-/m1/s1. The van der Waals surface area contributed by atoms with Crippen molar-refractivity contribution in [2.45, 2.75) is 38.1 Å². The maximum atomic E-state index is 6.35. The summed E-state index contributed by atoms with van der Waals surface area (Å²) in [5, 5.41) is 0. The van der Waals surface area contributed by atoms with Crippen LogP contribution in [0.3, 0.4) is 0 Å². The first-order valence-electron chi connectivity index (χ1n) is 9.05. The molecular formula is C21H26N2O2. The first-order valence-corrected chi connectivity index (χ1v) is 9.05. The lowest BCUT2D eigenvalue weighted by atomic mass is 10.0. The molecule has 0 spiro atoms. The monoisotopic (exact) mass is 338 g/mol. The third-order valence-electron chi connectivity index (χ3n) is 5.49. The van der Waals surface area contributed by atoms with E-state index in [2.05, 4.69) is 72.2 Å². The van der Waals surface area contributed by atoms with Crippen LogP contribution in [0.4, 0.5) is 0 Å². The molecule has 0 amide bonds. The third-order valence-corrected chi connectivity index (χ3v) is 5.49. The second-order valence-electron chi connectivity index (χ2n) is 7.05. The second-order valence-corrected chi connectivity index (χ2v) is 7.05. The van der Waals surface area contributed by atoms with Gasteiger partial charge in [-0.25, -0.2) is 0 Å². The number of fused-ring (bicyclic) bond motifs is 2. The molecule has 2 bridgehead atoms. The third kappa shape index (κ3) is 3.35.